The fraction of sp³-hybridized carbons (Fsp3) is 0.688. The van der Waals surface area contributed by atoms with Crippen LogP contribution in [0.5, 0.6) is 0 Å². The summed E-state index contributed by atoms with van der Waals surface area (Å²) in [6, 6.07) is -0.478. The molecule has 4 rings (SSSR count). The fourth-order valence-corrected chi connectivity index (χ4v) is 4.61. The Hall–Kier alpha value is -1.89. The molecule has 0 spiro atoms. The first-order chi connectivity index (χ1) is 11.0. The quantitative estimate of drug-likeness (QED) is 0.821. The largest absolute Gasteiger partial charge is 0.344 e. The topological polar surface area (TPSA) is 93.2 Å². The zero-order valence-corrected chi connectivity index (χ0v) is 13.3. The molecule has 3 fully saturated rings. The van der Waals surface area contributed by atoms with Gasteiger partial charge in [-0.2, -0.15) is 5.10 Å². The summed E-state index contributed by atoms with van der Waals surface area (Å²) in [5, 5.41) is 7.05. The summed E-state index contributed by atoms with van der Waals surface area (Å²) in [7, 11) is 1.82. The zero-order valence-electron chi connectivity index (χ0n) is 13.3. The molecule has 3 aliphatic rings. The molecule has 0 radical (unpaired) electrons. The van der Waals surface area contributed by atoms with E-state index in [2.05, 4.69) is 10.4 Å². The Kier molecular flexibility index (Phi) is 3.41. The molecule has 1 aliphatic heterocycles. The number of amides is 2. The van der Waals surface area contributed by atoms with Crippen molar-refractivity contribution in [2.75, 3.05) is 11.4 Å². The molecule has 2 aliphatic carbocycles. The molecule has 2 saturated carbocycles. The molecule has 7 nitrogen and oxygen atoms in total. The third kappa shape index (κ3) is 2.34. The average molecular weight is 317 g/mol. The second kappa shape index (κ2) is 5.33. The fourth-order valence-electron chi connectivity index (χ4n) is 4.61. The number of aryl methyl sites for hydroxylation is 1. The predicted molar refractivity (Wildman–Crippen MR) is 84.4 cm³/mol. The van der Waals surface area contributed by atoms with E-state index in [-0.39, 0.29) is 23.8 Å². The van der Waals surface area contributed by atoms with E-state index in [1.54, 1.807) is 15.8 Å². The first-order valence-corrected chi connectivity index (χ1v) is 8.40. The molecular weight excluding hydrogens is 294 g/mol. The van der Waals surface area contributed by atoms with Gasteiger partial charge in [-0.3, -0.25) is 14.3 Å². The van der Waals surface area contributed by atoms with Gasteiger partial charge < -0.3 is 16.0 Å². The molecule has 1 saturated heterocycles. The molecule has 2 bridgehead atoms. The van der Waals surface area contributed by atoms with Crippen LogP contribution in [0, 0.1) is 17.8 Å². The molecule has 1 aromatic heterocycles. The maximum atomic E-state index is 12.6. The highest BCUT2D eigenvalue weighted by atomic mass is 16.2. The summed E-state index contributed by atoms with van der Waals surface area (Å²) in [6.45, 7) is 0.609. The first-order valence-electron chi connectivity index (χ1n) is 8.40. The van der Waals surface area contributed by atoms with E-state index < -0.39 is 6.04 Å². The van der Waals surface area contributed by atoms with Crippen molar-refractivity contribution in [3.05, 3.63) is 12.4 Å². The van der Waals surface area contributed by atoms with Crippen molar-refractivity contribution in [1.82, 2.24) is 15.1 Å². The highest BCUT2D eigenvalue weighted by Gasteiger charge is 2.50. The number of nitrogens with one attached hydrogen (secondary N) is 1. The average Bonchev–Trinajstić information content (AvgIpc) is 3.26. The summed E-state index contributed by atoms with van der Waals surface area (Å²) >= 11 is 0. The Labute approximate surface area is 135 Å². The Morgan fingerprint density at radius 3 is 2.78 bits per heavy atom. The van der Waals surface area contributed by atoms with Crippen molar-refractivity contribution in [2.24, 2.45) is 30.5 Å². The van der Waals surface area contributed by atoms with Crippen LogP contribution in [0.15, 0.2) is 12.4 Å². The maximum Gasteiger partial charge on any atom is 0.249 e. The third-order valence-corrected chi connectivity index (χ3v) is 5.81. The molecule has 2 amide bonds. The van der Waals surface area contributed by atoms with Gasteiger partial charge in [-0.1, -0.05) is 0 Å². The van der Waals surface area contributed by atoms with Gasteiger partial charge in [0, 0.05) is 25.8 Å². The van der Waals surface area contributed by atoms with E-state index in [0.717, 1.165) is 24.9 Å². The van der Waals surface area contributed by atoms with Crippen LogP contribution in [0.3, 0.4) is 0 Å². The van der Waals surface area contributed by atoms with E-state index in [1.165, 1.54) is 0 Å². The second-order valence-corrected chi connectivity index (χ2v) is 7.15. The number of nitrogens with zero attached hydrogens (tertiary/aromatic N) is 3. The lowest BCUT2D eigenvalue weighted by Crippen LogP contribution is -2.50. The van der Waals surface area contributed by atoms with E-state index in [4.69, 9.17) is 5.73 Å². The summed E-state index contributed by atoms with van der Waals surface area (Å²) in [5.74, 6) is 0.691. The van der Waals surface area contributed by atoms with Crippen LogP contribution in [0.2, 0.25) is 0 Å². The molecule has 1 aromatic rings. The summed E-state index contributed by atoms with van der Waals surface area (Å²) in [4.78, 5) is 26.9. The zero-order chi connectivity index (χ0) is 16.1. The smallest absolute Gasteiger partial charge is 0.249 e. The van der Waals surface area contributed by atoms with Gasteiger partial charge in [-0.25, -0.2) is 0 Å². The number of fused-ring (bicyclic) bond motifs is 2. The normalized spacial score (nSPS) is 36.0. The third-order valence-electron chi connectivity index (χ3n) is 5.81. The molecule has 5 unspecified atom stereocenters. The summed E-state index contributed by atoms with van der Waals surface area (Å²) in [5.41, 5.74) is 7.01. The number of carbonyl (C=O) groups is 2. The Balaban J connectivity index is 1.42. The molecular formula is C16H23N5O2. The number of nitrogens with two attached hydrogens (primary N) is 1. The van der Waals surface area contributed by atoms with Crippen molar-refractivity contribution in [3.8, 4) is 0 Å². The number of anilines is 1. The standard InChI is InChI=1S/C16H23N5O2/c1-20-8-11(7-18-20)21-5-4-12(16(21)23)19-15(22)13-9-2-3-10(6-9)14(13)17/h7-10,12-14H,2-6,17H2,1H3,(H,19,22). The van der Waals surface area contributed by atoms with Crippen molar-refractivity contribution < 1.29 is 9.59 Å². The van der Waals surface area contributed by atoms with Crippen LogP contribution < -0.4 is 16.0 Å². The number of rotatable bonds is 3. The van der Waals surface area contributed by atoms with E-state index in [0.29, 0.717) is 24.8 Å². The van der Waals surface area contributed by atoms with Crippen LogP contribution in [0.1, 0.15) is 25.7 Å². The Morgan fingerprint density at radius 2 is 2.13 bits per heavy atom. The van der Waals surface area contributed by atoms with E-state index in [1.807, 2.05) is 13.2 Å². The number of hydrogen-bond donors (Lipinski definition) is 2. The van der Waals surface area contributed by atoms with Gasteiger partial charge in [0.2, 0.25) is 11.8 Å². The highest BCUT2D eigenvalue weighted by molar-refractivity contribution is 6.01. The van der Waals surface area contributed by atoms with Gasteiger partial charge in [0.1, 0.15) is 6.04 Å². The second-order valence-electron chi connectivity index (χ2n) is 7.15. The van der Waals surface area contributed by atoms with Crippen LogP contribution in [0.4, 0.5) is 5.69 Å². The number of carbonyl (C=O) groups excluding carboxylic acids is 2. The molecule has 23 heavy (non-hydrogen) atoms. The number of aromatic nitrogens is 2. The van der Waals surface area contributed by atoms with Gasteiger partial charge in [0.05, 0.1) is 17.8 Å². The van der Waals surface area contributed by atoms with Gasteiger partial charge in [-0.15, -0.1) is 0 Å². The highest BCUT2D eigenvalue weighted by Crippen LogP contribution is 2.47. The lowest BCUT2D eigenvalue weighted by Gasteiger charge is -2.28. The molecule has 5 atom stereocenters. The minimum absolute atomic E-state index is 0.0314. The maximum absolute atomic E-state index is 12.6. The van der Waals surface area contributed by atoms with Crippen molar-refractivity contribution >= 4 is 17.5 Å². The van der Waals surface area contributed by atoms with Crippen LogP contribution in [0.25, 0.3) is 0 Å². The Morgan fingerprint density at radius 1 is 1.35 bits per heavy atom. The first kappa shape index (κ1) is 14.7. The Bertz CT molecular complexity index is 640. The van der Waals surface area contributed by atoms with Crippen LogP contribution in [-0.2, 0) is 16.6 Å². The van der Waals surface area contributed by atoms with Crippen LogP contribution in [-0.4, -0.2) is 40.2 Å². The van der Waals surface area contributed by atoms with Gasteiger partial charge >= 0.3 is 0 Å². The van der Waals surface area contributed by atoms with E-state index >= 15 is 0 Å². The van der Waals surface area contributed by atoms with Crippen LogP contribution >= 0.6 is 0 Å². The monoisotopic (exact) mass is 317 g/mol. The molecule has 7 heteroatoms. The molecule has 3 N–H and O–H groups in total. The van der Waals surface area contributed by atoms with Crippen molar-refractivity contribution in [1.29, 1.82) is 0 Å². The van der Waals surface area contributed by atoms with E-state index in [9.17, 15) is 9.59 Å². The van der Waals surface area contributed by atoms with Gasteiger partial charge in [0.15, 0.2) is 0 Å². The molecule has 124 valence electrons. The van der Waals surface area contributed by atoms with Crippen molar-refractivity contribution in [2.45, 2.75) is 37.8 Å². The predicted octanol–water partition coefficient (Wildman–Crippen LogP) is 0.0150. The minimum Gasteiger partial charge on any atom is -0.344 e. The van der Waals surface area contributed by atoms with Crippen molar-refractivity contribution in [3.63, 3.8) is 0 Å². The lowest BCUT2D eigenvalue weighted by atomic mass is 9.84. The lowest BCUT2D eigenvalue weighted by molar-refractivity contribution is -0.130. The summed E-state index contributed by atoms with van der Waals surface area (Å²) in [6.07, 6.45) is 7.43. The molecule has 2 heterocycles. The number of hydrogen-bond acceptors (Lipinski definition) is 4. The SMILES string of the molecule is Cn1cc(N2CCC(NC(=O)C3C4CCC(C4)C3N)C2=O)cn1. The minimum atomic E-state index is -0.436. The van der Waals surface area contributed by atoms with Gasteiger partial charge in [-0.05, 0) is 37.5 Å². The molecule has 0 aromatic carbocycles. The summed E-state index contributed by atoms with van der Waals surface area (Å²) < 4.78 is 1.67. The van der Waals surface area contributed by atoms with Gasteiger partial charge in [0.25, 0.3) is 0 Å².